The average molecular weight is 921 g/mol. The molecule has 0 aliphatic rings. The molecule has 0 spiro atoms. The Bertz CT molecular complexity index is 4250. The van der Waals surface area contributed by atoms with Crippen molar-refractivity contribution < 1.29 is 0 Å². The summed E-state index contributed by atoms with van der Waals surface area (Å²) in [6, 6.07) is 81.1. The van der Waals surface area contributed by atoms with E-state index in [0.717, 1.165) is 93.9 Å². The van der Waals surface area contributed by atoms with E-state index in [2.05, 4.69) is 192 Å². The fourth-order valence-corrected chi connectivity index (χ4v) is 10.5. The van der Waals surface area contributed by atoms with Gasteiger partial charge in [-0.25, -0.2) is 19.8 Å². The van der Waals surface area contributed by atoms with Gasteiger partial charge in [0.05, 0.1) is 40.0 Å². The molecule has 0 fully saturated rings. The number of para-hydroxylation sites is 2. The number of fused-ring (bicyclic) bond motifs is 6. The summed E-state index contributed by atoms with van der Waals surface area (Å²) in [6.07, 6.45) is 0. The molecule has 0 aliphatic carbocycles. The number of nitrogens with zero attached hydrogens (tertiary/aromatic N) is 6. The fourth-order valence-electron chi connectivity index (χ4n) is 10.5. The van der Waals surface area contributed by atoms with Crippen LogP contribution in [0.3, 0.4) is 0 Å². The third kappa shape index (κ3) is 7.31. The number of benzene rings is 10. The molecule has 0 bridgehead atoms. The van der Waals surface area contributed by atoms with Crippen LogP contribution in [0.1, 0.15) is 11.1 Å². The van der Waals surface area contributed by atoms with E-state index in [-0.39, 0.29) is 0 Å². The summed E-state index contributed by atoms with van der Waals surface area (Å²) in [4.78, 5) is 19.5. The van der Waals surface area contributed by atoms with Crippen molar-refractivity contribution in [2.24, 2.45) is 0 Å². The Hall–Kier alpha value is -9.70. The van der Waals surface area contributed by atoms with E-state index < -0.39 is 0 Å². The van der Waals surface area contributed by atoms with Crippen LogP contribution in [0.25, 0.3) is 127 Å². The Morgan fingerprint density at radius 1 is 0.319 bits per heavy atom. The summed E-state index contributed by atoms with van der Waals surface area (Å²) < 4.78 is 4.75. The second-order valence-corrected chi connectivity index (χ2v) is 18.5. The van der Waals surface area contributed by atoms with Gasteiger partial charge in [0.2, 0.25) is 0 Å². The van der Waals surface area contributed by atoms with Gasteiger partial charge in [-0.15, -0.1) is 0 Å². The topological polar surface area (TPSA) is 52.9 Å². The minimum atomic E-state index is 0.550. The van der Waals surface area contributed by atoms with Crippen molar-refractivity contribution >= 4 is 49.3 Å². The van der Waals surface area contributed by atoms with E-state index in [0.29, 0.717) is 23.2 Å². The van der Waals surface area contributed by atoms with Crippen LogP contribution >= 0.6 is 0 Å². The second kappa shape index (κ2) is 17.4. The zero-order chi connectivity index (χ0) is 48.3. The minimum absolute atomic E-state index is 0.550. The van der Waals surface area contributed by atoms with Gasteiger partial charge < -0.3 is 9.13 Å². The summed E-state index contributed by atoms with van der Waals surface area (Å²) in [5.41, 5.74) is 18.3. The SMILES string of the molecule is [C-]#[N+]c1ccc(-n2c3ccccc3c3cc(-c4cccc(C)c4)ccc32)c(-c2ccc(-c3nc(-c4ccccc4)nc(-c4ccccc4)n3)cc2-n2c3ccccc3c3cc(-c4cccc(C)c4)ccc32)c1. The molecule has 0 saturated carbocycles. The summed E-state index contributed by atoms with van der Waals surface area (Å²) in [7, 11) is 0. The lowest BCUT2D eigenvalue weighted by Gasteiger charge is -2.20. The molecule has 338 valence electrons. The Morgan fingerprint density at radius 3 is 1.29 bits per heavy atom. The van der Waals surface area contributed by atoms with Crippen LogP contribution in [0.5, 0.6) is 0 Å². The van der Waals surface area contributed by atoms with Crippen LogP contribution in [0.4, 0.5) is 5.69 Å². The van der Waals surface area contributed by atoms with Gasteiger partial charge >= 0.3 is 0 Å². The first-order valence-electron chi connectivity index (χ1n) is 24.2. The molecule has 0 radical (unpaired) electrons. The normalized spacial score (nSPS) is 11.5. The largest absolute Gasteiger partial charge is 0.309 e. The van der Waals surface area contributed by atoms with Crippen LogP contribution in [-0.2, 0) is 0 Å². The van der Waals surface area contributed by atoms with Crippen molar-refractivity contribution in [2.75, 3.05) is 0 Å². The molecule has 3 heterocycles. The lowest BCUT2D eigenvalue weighted by Crippen LogP contribution is -2.04. The first-order valence-corrected chi connectivity index (χ1v) is 24.2. The van der Waals surface area contributed by atoms with Crippen LogP contribution < -0.4 is 0 Å². The van der Waals surface area contributed by atoms with Gasteiger partial charge in [0.15, 0.2) is 23.2 Å². The molecule has 3 aromatic heterocycles. The molecule has 0 N–H and O–H groups in total. The lowest BCUT2D eigenvalue weighted by molar-refractivity contribution is 1.07. The van der Waals surface area contributed by atoms with Gasteiger partial charge in [-0.2, -0.15) is 0 Å². The minimum Gasteiger partial charge on any atom is -0.309 e. The Labute approximate surface area is 417 Å². The van der Waals surface area contributed by atoms with Crippen molar-refractivity contribution in [2.45, 2.75) is 13.8 Å². The van der Waals surface area contributed by atoms with Gasteiger partial charge in [-0.3, -0.25) is 0 Å². The number of aryl methyl sites for hydroxylation is 2. The van der Waals surface area contributed by atoms with E-state index in [9.17, 15) is 0 Å². The van der Waals surface area contributed by atoms with Crippen LogP contribution in [0.15, 0.2) is 231 Å². The zero-order valence-corrected chi connectivity index (χ0v) is 39.6. The first-order chi connectivity index (χ1) is 35.5. The fraction of sp³-hybridized carbons (Fsp3) is 0.0303. The monoisotopic (exact) mass is 920 g/mol. The quantitative estimate of drug-likeness (QED) is 0.143. The van der Waals surface area contributed by atoms with Gasteiger partial charge in [0, 0.05) is 43.8 Å². The molecule has 6 nitrogen and oxygen atoms in total. The predicted molar refractivity (Wildman–Crippen MR) is 297 cm³/mol. The number of hydrogen-bond acceptors (Lipinski definition) is 3. The smallest absolute Gasteiger partial charge is 0.188 e. The summed E-state index contributed by atoms with van der Waals surface area (Å²) >= 11 is 0. The number of rotatable bonds is 8. The highest BCUT2D eigenvalue weighted by Crippen LogP contribution is 2.44. The van der Waals surface area contributed by atoms with Gasteiger partial charge in [-0.05, 0) is 96.3 Å². The third-order valence-electron chi connectivity index (χ3n) is 13.9. The molecule has 0 aliphatic heterocycles. The summed E-state index contributed by atoms with van der Waals surface area (Å²) in [6.45, 7) is 12.6. The van der Waals surface area contributed by atoms with Gasteiger partial charge in [0.25, 0.3) is 0 Å². The molecule has 13 aromatic rings. The first kappa shape index (κ1) is 42.4. The Kier molecular flexibility index (Phi) is 10.2. The van der Waals surface area contributed by atoms with E-state index in [1.807, 2.05) is 66.7 Å². The van der Waals surface area contributed by atoms with Crippen LogP contribution in [0.2, 0.25) is 0 Å². The van der Waals surface area contributed by atoms with Crippen molar-refractivity contribution in [3.63, 3.8) is 0 Å². The van der Waals surface area contributed by atoms with Crippen LogP contribution in [-0.4, -0.2) is 24.1 Å². The maximum atomic E-state index is 8.36. The number of aromatic nitrogens is 5. The summed E-state index contributed by atoms with van der Waals surface area (Å²) in [5, 5.41) is 4.59. The molecule has 0 amide bonds. The van der Waals surface area contributed by atoms with Crippen molar-refractivity contribution in [1.29, 1.82) is 0 Å². The molecular formula is C66H44N6. The molecule has 10 aromatic carbocycles. The molecule has 72 heavy (non-hydrogen) atoms. The maximum absolute atomic E-state index is 8.36. The van der Waals surface area contributed by atoms with Crippen molar-refractivity contribution in [1.82, 2.24) is 24.1 Å². The average Bonchev–Trinajstić information content (AvgIpc) is 3.95. The molecular weight excluding hydrogens is 877 g/mol. The van der Waals surface area contributed by atoms with Gasteiger partial charge in [0.1, 0.15) is 0 Å². The highest BCUT2D eigenvalue weighted by atomic mass is 15.0. The van der Waals surface area contributed by atoms with E-state index in [1.165, 1.54) is 22.3 Å². The molecule has 6 heteroatoms. The van der Waals surface area contributed by atoms with E-state index >= 15 is 0 Å². The third-order valence-corrected chi connectivity index (χ3v) is 13.9. The van der Waals surface area contributed by atoms with Crippen molar-refractivity contribution in [3.8, 4) is 78.9 Å². The molecule has 0 saturated heterocycles. The van der Waals surface area contributed by atoms with E-state index in [1.54, 1.807) is 0 Å². The highest BCUT2D eigenvalue weighted by molar-refractivity contribution is 6.13. The Balaban J connectivity index is 1.10. The highest BCUT2D eigenvalue weighted by Gasteiger charge is 2.23. The summed E-state index contributed by atoms with van der Waals surface area (Å²) in [5.74, 6) is 1.74. The standard InChI is InChI=1S/C66H44N6/c1-42-16-14-22-46(36-42)48-29-33-60-55(38-48)52-24-10-12-26-58(52)71(60)62-35-31-51(67-3)41-57(62)54-32-28-50(66-69-64(44-18-6-4-7-19-44)68-65(70-66)45-20-8-5-9-21-45)40-63(54)72-59-27-13-11-25-53(59)56-39-49(30-34-61(56)72)47-23-15-17-43(2)37-47/h4-41H,1-2H3. The molecule has 0 atom stereocenters. The van der Waals surface area contributed by atoms with Gasteiger partial charge in [-0.1, -0.05) is 187 Å². The molecule has 13 rings (SSSR count). The Morgan fingerprint density at radius 2 is 0.764 bits per heavy atom. The maximum Gasteiger partial charge on any atom is 0.188 e. The lowest BCUT2D eigenvalue weighted by atomic mass is 9.97. The predicted octanol–water partition coefficient (Wildman–Crippen LogP) is 17.2. The zero-order valence-electron chi connectivity index (χ0n) is 39.6. The van der Waals surface area contributed by atoms with Crippen LogP contribution in [0, 0.1) is 20.4 Å². The number of hydrogen-bond donors (Lipinski definition) is 0. The second-order valence-electron chi connectivity index (χ2n) is 18.5. The van der Waals surface area contributed by atoms with E-state index in [4.69, 9.17) is 21.5 Å². The molecule has 0 unspecified atom stereocenters. The van der Waals surface area contributed by atoms with Crippen molar-refractivity contribution in [3.05, 3.63) is 253 Å².